The van der Waals surface area contributed by atoms with E-state index in [1.807, 2.05) is 0 Å². The molecule has 4 heteroatoms. The van der Waals surface area contributed by atoms with Gasteiger partial charge >= 0.3 is 0 Å². The molecule has 0 bridgehead atoms. The van der Waals surface area contributed by atoms with Crippen molar-refractivity contribution in [2.75, 3.05) is 0 Å². The van der Waals surface area contributed by atoms with Crippen molar-refractivity contribution in [3.63, 3.8) is 0 Å². The number of aromatic nitrogens is 3. The van der Waals surface area contributed by atoms with E-state index in [2.05, 4.69) is 98.6 Å². The van der Waals surface area contributed by atoms with Gasteiger partial charge in [0.2, 0.25) is 0 Å². The minimum Gasteiger partial charge on any atom is -0.236 e. The van der Waals surface area contributed by atoms with Crippen LogP contribution in [0.1, 0.15) is 16.7 Å². The van der Waals surface area contributed by atoms with Crippen molar-refractivity contribution in [1.29, 1.82) is 0 Å². The van der Waals surface area contributed by atoms with E-state index >= 15 is 0 Å². The van der Waals surface area contributed by atoms with E-state index in [1.54, 1.807) is 11.3 Å². The van der Waals surface area contributed by atoms with Gasteiger partial charge in [-0.05, 0) is 61.7 Å². The number of imidazole rings is 1. The highest BCUT2D eigenvalue weighted by molar-refractivity contribution is 7.21. The zero-order valence-corrected chi connectivity index (χ0v) is 18.3. The first-order chi connectivity index (χ1) is 14.0. The van der Waals surface area contributed by atoms with Gasteiger partial charge < -0.3 is 0 Å². The number of para-hydroxylation sites is 2. The molecule has 0 fully saturated rings. The maximum absolute atomic E-state index is 4.99. The normalized spacial score (nSPS) is 11.6. The van der Waals surface area contributed by atoms with E-state index in [0.717, 1.165) is 10.5 Å². The zero-order valence-electron chi connectivity index (χ0n) is 17.4. The Balaban J connectivity index is 1.75. The van der Waals surface area contributed by atoms with Gasteiger partial charge in [-0.25, -0.2) is 14.1 Å². The largest absolute Gasteiger partial charge is 0.289 e. The molecule has 2 aromatic heterocycles. The number of hydrogen-bond donors (Lipinski definition) is 0. The van der Waals surface area contributed by atoms with E-state index in [0.29, 0.717) is 0 Å². The highest BCUT2D eigenvalue weighted by Crippen LogP contribution is 2.37. The Kier molecular flexibility index (Phi) is 4.07. The Bertz CT molecular complexity index is 1350. The smallest absolute Gasteiger partial charge is 0.236 e. The van der Waals surface area contributed by atoms with Crippen LogP contribution in [0, 0.1) is 20.8 Å². The molecule has 0 spiro atoms. The number of nitrogens with zero attached hydrogens (tertiary/aromatic N) is 3. The van der Waals surface area contributed by atoms with Crippen molar-refractivity contribution in [2.24, 2.45) is 14.1 Å². The summed E-state index contributed by atoms with van der Waals surface area (Å²) in [6, 6.07) is 19.6. The topological polar surface area (TPSA) is 21.7 Å². The van der Waals surface area contributed by atoms with E-state index in [9.17, 15) is 0 Å². The Hall–Kier alpha value is -2.98. The minimum atomic E-state index is 1.08. The van der Waals surface area contributed by atoms with Gasteiger partial charge in [-0.15, -0.1) is 11.3 Å². The molecule has 0 aliphatic heterocycles. The van der Waals surface area contributed by atoms with Crippen LogP contribution in [0.4, 0.5) is 0 Å². The first kappa shape index (κ1) is 18.1. The number of aryl methyl sites for hydroxylation is 5. The third-order valence-electron chi connectivity index (χ3n) is 5.91. The highest BCUT2D eigenvalue weighted by atomic mass is 32.1. The molecule has 0 radical (unpaired) electrons. The lowest BCUT2D eigenvalue weighted by Gasteiger charge is -2.05. The molecule has 5 aromatic rings. The van der Waals surface area contributed by atoms with Crippen molar-refractivity contribution in [3.05, 3.63) is 71.3 Å². The zero-order chi connectivity index (χ0) is 20.3. The molecule has 0 aliphatic rings. The summed E-state index contributed by atoms with van der Waals surface area (Å²) in [4.78, 5) is 4.99. The number of hydrogen-bond acceptors (Lipinski definition) is 2. The molecule has 0 aliphatic carbocycles. The lowest BCUT2D eigenvalue weighted by atomic mass is 10.0. The summed E-state index contributed by atoms with van der Waals surface area (Å²) in [5.41, 5.74) is 9.89. The van der Waals surface area contributed by atoms with Crippen LogP contribution < -0.4 is 4.57 Å². The monoisotopic (exact) mass is 398 g/mol. The predicted octanol–water partition coefficient (Wildman–Crippen LogP) is 5.87. The molecule has 0 saturated heterocycles. The predicted molar refractivity (Wildman–Crippen MR) is 122 cm³/mol. The first-order valence-electron chi connectivity index (χ1n) is 9.87. The van der Waals surface area contributed by atoms with Gasteiger partial charge in [0.15, 0.2) is 11.0 Å². The summed E-state index contributed by atoms with van der Waals surface area (Å²) >= 11 is 1.79. The maximum Gasteiger partial charge on any atom is 0.289 e. The van der Waals surface area contributed by atoms with Crippen LogP contribution in [0.2, 0.25) is 0 Å². The molecular formula is C25H24N3S+. The van der Waals surface area contributed by atoms with Crippen molar-refractivity contribution >= 4 is 32.6 Å². The van der Waals surface area contributed by atoms with Crippen LogP contribution in [0.5, 0.6) is 0 Å². The molecule has 3 nitrogen and oxygen atoms in total. The lowest BCUT2D eigenvalue weighted by molar-refractivity contribution is -0.634. The average molecular weight is 399 g/mol. The molecule has 3 aromatic carbocycles. The second-order valence-electron chi connectivity index (χ2n) is 7.85. The summed E-state index contributed by atoms with van der Waals surface area (Å²) < 4.78 is 5.81. The minimum absolute atomic E-state index is 1.08. The average Bonchev–Trinajstić information content (AvgIpc) is 3.20. The van der Waals surface area contributed by atoms with Gasteiger partial charge in [0, 0.05) is 5.56 Å². The fourth-order valence-corrected chi connectivity index (χ4v) is 5.59. The Morgan fingerprint density at radius 1 is 0.897 bits per heavy atom. The molecule has 0 amide bonds. The Labute approximate surface area is 174 Å². The molecule has 0 saturated carbocycles. The number of rotatable bonds is 2. The third kappa shape index (κ3) is 2.70. The maximum atomic E-state index is 4.99. The highest BCUT2D eigenvalue weighted by Gasteiger charge is 2.24. The van der Waals surface area contributed by atoms with Gasteiger partial charge in [0.1, 0.15) is 5.01 Å². The molecular weight excluding hydrogens is 374 g/mol. The Morgan fingerprint density at radius 2 is 1.62 bits per heavy atom. The lowest BCUT2D eigenvalue weighted by Crippen LogP contribution is -2.30. The Morgan fingerprint density at radius 3 is 2.34 bits per heavy atom. The van der Waals surface area contributed by atoms with Gasteiger partial charge in [-0.2, -0.15) is 0 Å². The van der Waals surface area contributed by atoms with Gasteiger partial charge in [-0.1, -0.05) is 30.3 Å². The summed E-state index contributed by atoms with van der Waals surface area (Å²) in [7, 11) is 4.30. The third-order valence-corrected chi connectivity index (χ3v) is 6.95. The molecule has 29 heavy (non-hydrogen) atoms. The van der Waals surface area contributed by atoms with Crippen LogP contribution in [-0.2, 0) is 14.1 Å². The van der Waals surface area contributed by atoms with E-state index in [-0.39, 0.29) is 0 Å². The van der Waals surface area contributed by atoms with Crippen molar-refractivity contribution in [1.82, 2.24) is 9.55 Å². The van der Waals surface area contributed by atoms with Crippen LogP contribution >= 0.6 is 11.3 Å². The van der Waals surface area contributed by atoms with E-state index in [1.165, 1.54) is 49.4 Å². The van der Waals surface area contributed by atoms with E-state index < -0.39 is 0 Å². The fraction of sp³-hybridized carbons (Fsp3) is 0.200. The van der Waals surface area contributed by atoms with Crippen molar-refractivity contribution in [2.45, 2.75) is 20.8 Å². The first-order valence-corrected chi connectivity index (χ1v) is 10.7. The molecule has 0 unspecified atom stereocenters. The summed E-state index contributed by atoms with van der Waals surface area (Å²) in [5, 5.41) is 1.11. The second-order valence-corrected chi connectivity index (χ2v) is 8.88. The van der Waals surface area contributed by atoms with Gasteiger partial charge in [0.25, 0.3) is 5.82 Å². The van der Waals surface area contributed by atoms with Crippen LogP contribution in [0.25, 0.3) is 43.2 Å². The van der Waals surface area contributed by atoms with Crippen molar-refractivity contribution in [3.8, 4) is 22.0 Å². The standard InChI is InChI=1S/C25H24N3S/c1-15-9-8-10-16(2)23(15)24-26-19-13-17(3)18(14-22(19)29-24)25-27(4)20-11-6-7-12-21(20)28(25)5/h6-14H,1-5H3/q+1. The second kappa shape index (κ2) is 6.53. The quantitative estimate of drug-likeness (QED) is 0.341. The molecule has 144 valence electrons. The SMILES string of the molecule is Cc1cc2nc(-c3c(C)cccc3C)sc2cc1-c1n(C)c2ccccc2[n+]1C. The van der Waals surface area contributed by atoms with E-state index in [4.69, 9.17) is 4.98 Å². The van der Waals surface area contributed by atoms with Crippen LogP contribution in [0.15, 0.2) is 54.6 Å². The fourth-order valence-electron chi connectivity index (χ4n) is 4.42. The molecule has 2 heterocycles. The summed E-state index contributed by atoms with van der Waals surface area (Å²) in [6.45, 7) is 6.52. The molecule has 0 N–H and O–H groups in total. The van der Waals surface area contributed by atoms with Crippen LogP contribution in [-0.4, -0.2) is 9.55 Å². The number of benzene rings is 3. The molecule has 0 atom stereocenters. The van der Waals surface area contributed by atoms with Gasteiger partial charge in [-0.3, -0.25) is 0 Å². The summed E-state index contributed by atoms with van der Waals surface area (Å²) in [5.74, 6) is 1.22. The van der Waals surface area contributed by atoms with Crippen molar-refractivity contribution < 1.29 is 4.57 Å². The molecule has 5 rings (SSSR count). The number of thiazole rings is 1. The summed E-state index contributed by atoms with van der Waals surface area (Å²) in [6.07, 6.45) is 0. The number of fused-ring (bicyclic) bond motifs is 2. The van der Waals surface area contributed by atoms with Crippen LogP contribution in [0.3, 0.4) is 0 Å². The van der Waals surface area contributed by atoms with Gasteiger partial charge in [0.05, 0.1) is 29.9 Å².